The lowest BCUT2D eigenvalue weighted by Crippen LogP contribution is -2.30. The summed E-state index contributed by atoms with van der Waals surface area (Å²) in [6.45, 7) is 2.24. The fourth-order valence-corrected chi connectivity index (χ4v) is 3.49. The van der Waals surface area contributed by atoms with E-state index in [1.165, 1.54) is 37.8 Å². The molecule has 2 nitrogen and oxygen atoms in total. The van der Waals surface area contributed by atoms with Crippen LogP contribution in [0, 0.1) is 5.82 Å². The van der Waals surface area contributed by atoms with E-state index >= 15 is 0 Å². The van der Waals surface area contributed by atoms with Crippen LogP contribution in [0.25, 0.3) is 10.2 Å². The molecule has 1 aromatic heterocycles. The van der Waals surface area contributed by atoms with Gasteiger partial charge in [-0.1, -0.05) is 24.2 Å². The molecule has 0 radical (unpaired) electrons. The van der Waals surface area contributed by atoms with Crippen molar-refractivity contribution in [1.29, 1.82) is 0 Å². The summed E-state index contributed by atoms with van der Waals surface area (Å²) in [7, 11) is 0. The second-order valence-corrected chi connectivity index (χ2v) is 6.05. The Balaban J connectivity index is 1.90. The summed E-state index contributed by atoms with van der Waals surface area (Å²) in [6.07, 6.45) is 4.95. The highest BCUT2D eigenvalue weighted by molar-refractivity contribution is 7.22. The van der Waals surface area contributed by atoms with Crippen LogP contribution < -0.4 is 5.32 Å². The molecule has 1 saturated carbocycles. The first-order valence-electron chi connectivity index (χ1n) is 5.99. The summed E-state index contributed by atoms with van der Waals surface area (Å²) < 4.78 is 14.1. The molecule has 90 valence electrons. The van der Waals surface area contributed by atoms with Crippen LogP contribution >= 0.6 is 11.3 Å². The molecule has 1 fully saturated rings. The van der Waals surface area contributed by atoms with Crippen LogP contribution in [0.1, 0.15) is 32.6 Å². The maximum atomic E-state index is 13.1. The zero-order valence-corrected chi connectivity index (χ0v) is 10.6. The van der Waals surface area contributed by atoms with Crippen molar-refractivity contribution in [1.82, 2.24) is 4.98 Å². The van der Waals surface area contributed by atoms with Gasteiger partial charge in [-0.25, -0.2) is 9.37 Å². The zero-order valence-electron chi connectivity index (χ0n) is 9.79. The number of nitrogens with one attached hydrogen (secondary N) is 1. The van der Waals surface area contributed by atoms with E-state index in [0.29, 0.717) is 0 Å². The lowest BCUT2D eigenvalue weighted by molar-refractivity contribution is 0.533. The average Bonchev–Trinajstić information content (AvgIpc) is 2.84. The Labute approximate surface area is 104 Å². The molecular weight excluding hydrogens is 235 g/mol. The molecule has 1 heterocycles. The van der Waals surface area contributed by atoms with Crippen molar-refractivity contribution in [2.75, 3.05) is 5.32 Å². The van der Waals surface area contributed by atoms with Gasteiger partial charge in [0, 0.05) is 11.6 Å². The first-order chi connectivity index (χ1) is 8.15. The predicted octanol–water partition coefficient (Wildman–Crippen LogP) is 4.18. The highest BCUT2D eigenvalue weighted by Gasteiger charge is 2.29. The molecule has 1 aromatic carbocycles. The van der Waals surface area contributed by atoms with Crippen molar-refractivity contribution in [3.63, 3.8) is 0 Å². The molecule has 3 rings (SSSR count). The SMILES string of the molecule is CC1(Nc2nc3cc(F)ccc3s2)CCCC1. The van der Waals surface area contributed by atoms with Crippen LogP contribution in [-0.4, -0.2) is 10.5 Å². The van der Waals surface area contributed by atoms with Gasteiger partial charge in [-0.05, 0) is 31.9 Å². The molecule has 0 spiro atoms. The van der Waals surface area contributed by atoms with Gasteiger partial charge in [0.2, 0.25) is 0 Å². The molecule has 0 bridgehead atoms. The van der Waals surface area contributed by atoms with Crippen LogP contribution in [0.5, 0.6) is 0 Å². The second-order valence-electron chi connectivity index (χ2n) is 5.02. The van der Waals surface area contributed by atoms with E-state index in [4.69, 9.17) is 0 Å². The molecule has 1 aliphatic carbocycles. The van der Waals surface area contributed by atoms with Gasteiger partial charge >= 0.3 is 0 Å². The van der Waals surface area contributed by atoms with Crippen LogP contribution in [0.3, 0.4) is 0 Å². The Kier molecular flexibility index (Phi) is 2.54. The van der Waals surface area contributed by atoms with Gasteiger partial charge in [-0.15, -0.1) is 0 Å². The summed E-state index contributed by atoms with van der Waals surface area (Å²) in [5, 5.41) is 4.42. The third kappa shape index (κ3) is 2.14. The summed E-state index contributed by atoms with van der Waals surface area (Å²) in [6, 6.07) is 4.78. The largest absolute Gasteiger partial charge is 0.356 e. The monoisotopic (exact) mass is 250 g/mol. The minimum atomic E-state index is -0.221. The molecule has 0 aliphatic heterocycles. The van der Waals surface area contributed by atoms with Crippen molar-refractivity contribution < 1.29 is 4.39 Å². The lowest BCUT2D eigenvalue weighted by atomic mass is 10.0. The number of hydrogen-bond donors (Lipinski definition) is 1. The number of fused-ring (bicyclic) bond motifs is 1. The topological polar surface area (TPSA) is 24.9 Å². The van der Waals surface area contributed by atoms with Gasteiger partial charge in [-0.2, -0.15) is 0 Å². The van der Waals surface area contributed by atoms with Crippen molar-refractivity contribution in [3.05, 3.63) is 24.0 Å². The molecule has 1 N–H and O–H groups in total. The smallest absolute Gasteiger partial charge is 0.184 e. The number of thiazole rings is 1. The first-order valence-corrected chi connectivity index (χ1v) is 6.81. The Bertz CT molecular complexity index is 543. The van der Waals surface area contributed by atoms with Crippen LogP contribution in [-0.2, 0) is 0 Å². The maximum Gasteiger partial charge on any atom is 0.184 e. The molecule has 1 aliphatic rings. The molecule has 0 amide bonds. The Morgan fingerprint density at radius 1 is 1.35 bits per heavy atom. The van der Waals surface area contributed by atoms with Gasteiger partial charge in [0.25, 0.3) is 0 Å². The van der Waals surface area contributed by atoms with Gasteiger partial charge in [-0.3, -0.25) is 0 Å². The summed E-state index contributed by atoms with van der Waals surface area (Å²) in [4.78, 5) is 4.45. The maximum absolute atomic E-state index is 13.1. The van der Waals surface area contributed by atoms with Crippen molar-refractivity contribution in [3.8, 4) is 0 Å². The highest BCUT2D eigenvalue weighted by Crippen LogP contribution is 2.35. The van der Waals surface area contributed by atoms with Crippen LogP contribution in [0.4, 0.5) is 9.52 Å². The summed E-state index contributed by atoms with van der Waals surface area (Å²) >= 11 is 1.60. The number of benzene rings is 1. The predicted molar refractivity (Wildman–Crippen MR) is 70.1 cm³/mol. The van der Waals surface area contributed by atoms with Crippen molar-refractivity contribution in [2.45, 2.75) is 38.1 Å². The van der Waals surface area contributed by atoms with E-state index in [1.54, 1.807) is 17.4 Å². The van der Waals surface area contributed by atoms with E-state index in [1.807, 2.05) is 0 Å². The lowest BCUT2D eigenvalue weighted by Gasteiger charge is -2.24. The molecule has 0 saturated heterocycles. The number of nitrogens with zero attached hydrogens (tertiary/aromatic N) is 1. The molecule has 17 heavy (non-hydrogen) atoms. The minimum Gasteiger partial charge on any atom is -0.356 e. The summed E-state index contributed by atoms with van der Waals surface area (Å²) in [5.74, 6) is -0.221. The number of hydrogen-bond acceptors (Lipinski definition) is 3. The fourth-order valence-electron chi connectivity index (χ4n) is 2.49. The van der Waals surface area contributed by atoms with Crippen molar-refractivity contribution >= 4 is 26.7 Å². The fraction of sp³-hybridized carbons (Fsp3) is 0.462. The molecule has 0 unspecified atom stereocenters. The van der Waals surface area contributed by atoms with Gasteiger partial charge < -0.3 is 5.32 Å². The molecule has 0 atom stereocenters. The average molecular weight is 250 g/mol. The molecule has 2 aromatic rings. The third-order valence-corrected chi connectivity index (χ3v) is 4.42. The van der Waals surface area contributed by atoms with Gasteiger partial charge in [0.05, 0.1) is 10.2 Å². The van der Waals surface area contributed by atoms with Crippen LogP contribution in [0.2, 0.25) is 0 Å². The van der Waals surface area contributed by atoms with E-state index < -0.39 is 0 Å². The standard InChI is InChI=1S/C13H15FN2S/c1-13(6-2-3-7-13)16-12-15-10-8-9(14)4-5-11(10)17-12/h4-5,8H,2-3,6-7H2,1H3,(H,15,16). The van der Waals surface area contributed by atoms with E-state index in [0.717, 1.165) is 15.3 Å². The molecule has 4 heteroatoms. The van der Waals surface area contributed by atoms with E-state index in [-0.39, 0.29) is 11.4 Å². The Hall–Kier alpha value is -1.16. The van der Waals surface area contributed by atoms with Crippen molar-refractivity contribution in [2.24, 2.45) is 0 Å². The normalized spacial score (nSPS) is 18.7. The van der Waals surface area contributed by atoms with Gasteiger partial charge in [0.15, 0.2) is 5.13 Å². The van der Waals surface area contributed by atoms with Crippen LogP contribution in [0.15, 0.2) is 18.2 Å². The zero-order chi connectivity index (χ0) is 11.9. The Morgan fingerprint density at radius 2 is 2.12 bits per heavy atom. The number of anilines is 1. The van der Waals surface area contributed by atoms with E-state index in [9.17, 15) is 4.39 Å². The first kappa shape index (κ1) is 11.0. The second kappa shape index (κ2) is 3.95. The molecular formula is C13H15FN2S. The van der Waals surface area contributed by atoms with E-state index in [2.05, 4.69) is 17.2 Å². The third-order valence-electron chi connectivity index (χ3n) is 3.47. The highest BCUT2D eigenvalue weighted by atomic mass is 32.1. The number of halogens is 1. The number of rotatable bonds is 2. The van der Waals surface area contributed by atoms with Gasteiger partial charge in [0.1, 0.15) is 5.82 Å². The minimum absolute atomic E-state index is 0.173. The number of aromatic nitrogens is 1. The summed E-state index contributed by atoms with van der Waals surface area (Å²) in [5.41, 5.74) is 0.922. The quantitative estimate of drug-likeness (QED) is 0.864. The Morgan fingerprint density at radius 3 is 2.88 bits per heavy atom.